The molecule has 0 N–H and O–H groups in total. The first-order valence-electron chi connectivity index (χ1n) is 9.87. The van der Waals surface area contributed by atoms with Gasteiger partial charge >= 0.3 is 0 Å². The molecular formula is C21H31ClN2OSi2. The molecule has 27 heavy (non-hydrogen) atoms. The van der Waals surface area contributed by atoms with Crippen molar-refractivity contribution in [3.05, 3.63) is 28.3 Å². The van der Waals surface area contributed by atoms with E-state index in [1.807, 2.05) is 6.07 Å². The predicted octanol–water partition coefficient (Wildman–Crippen LogP) is 5.90. The number of hydrogen-bond donors (Lipinski definition) is 0. The number of halogens is 1. The Kier molecular flexibility index (Phi) is 5.66. The Labute approximate surface area is 170 Å². The van der Waals surface area contributed by atoms with Crippen molar-refractivity contribution in [1.29, 1.82) is 5.26 Å². The third-order valence-corrected chi connectivity index (χ3v) is 9.30. The number of ether oxygens (including phenoxy) is 1. The number of fused-ring (bicyclic) bond motifs is 1. The second-order valence-corrected chi connectivity index (χ2v) is 21.0. The molecule has 1 aromatic carbocycles. The molecule has 146 valence electrons. The van der Waals surface area contributed by atoms with E-state index in [2.05, 4.69) is 56.0 Å². The molecule has 3 nitrogen and oxygen atoms in total. The molecule has 0 atom stereocenters. The van der Waals surface area contributed by atoms with Gasteiger partial charge in [-0.25, -0.2) is 0 Å². The van der Waals surface area contributed by atoms with Gasteiger partial charge in [0.25, 0.3) is 0 Å². The van der Waals surface area contributed by atoms with E-state index in [0.717, 1.165) is 17.5 Å². The summed E-state index contributed by atoms with van der Waals surface area (Å²) in [5.41, 5.74) is 3.11. The van der Waals surface area contributed by atoms with E-state index >= 15 is 0 Å². The molecular weight excluding hydrogens is 388 g/mol. The Balaban J connectivity index is 2.11. The molecule has 1 heterocycles. The molecule has 0 amide bonds. The van der Waals surface area contributed by atoms with E-state index in [4.69, 9.17) is 16.3 Å². The zero-order valence-corrected chi connectivity index (χ0v) is 20.2. The van der Waals surface area contributed by atoms with Crippen LogP contribution in [0.3, 0.4) is 0 Å². The molecule has 1 saturated carbocycles. The predicted molar refractivity (Wildman–Crippen MR) is 121 cm³/mol. The van der Waals surface area contributed by atoms with Gasteiger partial charge < -0.3 is 9.30 Å². The smallest absolute Gasteiger partial charge is 0.122 e. The minimum atomic E-state index is -1.63. The van der Waals surface area contributed by atoms with Gasteiger partial charge in [-0.2, -0.15) is 5.26 Å². The SMILES string of the molecule is C[Si](C)(C)CCOCn1c([Si](C)(C)C)c(C2CC2)c2c(Cl)c(C#N)ccc21. The van der Waals surface area contributed by atoms with Crippen molar-refractivity contribution in [1.82, 2.24) is 4.57 Å². The summed E-state index contributed by atoms with van der Waals surface area (Å²) >= 11 is 6.72. The molecule has 3 rings (SSSR count). The fourth-order valence-electron chi connectivity index (χ4n) is 3.76. The molecule has 0 spiro atoms. The Morgan fingerprint density at radius 3 is 2.37 bits per heavy atom. The van der Waals surface area contributed by atoms with Gasteiger partial charge in [-0.15, -0.1) is 0 Å². The Morgan fingerprint density at radius 1 is 1.19 bits per heavy atom. The lowest BCUT2D eigenvalue weighted by Gasteiger charge is -2.23. The Hall–Kier alpha value is -1.07. The zero-order chi connectivity index (χ0) is 20.0. The van der Waals surface area contributed by atoms with Crippen molar-refractivity contribution >= 4 is 44.0 Å². The maximum Gasteiger partial charge on any atom is 0.122 e. The number of nitriles is 1. The molecule has 6 heteroatoms. The molecule has 0 unspecified atom stereocenters. The zero-order valence-electron chi connectivity index (χ0n) is 17.4. The highest BCUT2D eigenvalue weighted by molar-refractivity contribution is 6.89. The monoisotopic (exact) mass is 418 g/mol. The quantitative estimate of drug-likeness (QED) is 0.414. The maximum atomic E-state index is 9.46. The van der Waals surface area contributed by atoms with Gasteiger partial charge in [0.05, 0.1) is 24.2 Å². The van der Waals surface area contributed by atoms with E-state index in [9.17, 15) is 5.26 Å². The fraction of sp³-hybridized carbons (Fsp3) is 0.571. The van der Waals surface area contributed by atoms with Gasteiger partial charge in [0.1, 0.15) is 12.8 Å². The number of aromatic nitrogens is 1. The van der Waals surface area contributed by atoms with Gasteiger partial charge in [0.15, 0.2) is 0 Å². The fourth-order valence-corrected chi connectivity index (χ4v) is 6.96. The van der Waals surface area contributed by atoms with Gasteiger partial charge in [-0.1, -0.05) is 50.9 Å². The van der Waals surface area contributed by atoms with E-state index in [1.54, 1.807) is 0 Å². The van der Waals surface area contributed by atoms with Crippen molar-refractivity contribution < 1.29 is 4.74 Å². The topological polar surface area (TPSA) is 38.0 Å². The van der Waals surface area contributed by atoms with E-state index in [0.29, 0.717) is 23.2 Å². The van der Waals surface area contributed by atoms with Crippen LogP contribution < -0.4 is 5.32 Å². The summed E-state index contributed by atoms with van der Waals surface area (Å²) in [6, 6.07) is 7.35. The highest BCUT2D eigenvalue weighted by Gasteiger charge is 2.37. The lowest BCUT2D eigenvalue weighted by molar-refractivity contribution is 0.0919. The van der Waals surface area contributed by atoms with Crippen LogP contribution >= 0.6 is 11.6 Å². The summed E-state index contributed by atoms with van der Waals surface area (Å²) in [4.78, 5) is 0. The molecule has 1 fully saturated rings. The standard InChI is InChI=1S/C21H31ClN2OSi2/c1-26(2,3)12-11-25-14-24-17-10-9-16(13-23)20(22)19(17)18(15-7-8-15)21(24)27(4,5)6/h9-10,15H,7-8,11-12,14H2,1-6H3. The summed E-state index contributed by atoms with van der Waals surface area (Å²) in [5.74, 6) is 0.587. The van der Waals surface area contributed by atoms with Crippen molar-refractivity contribution in [2.75, 3.05) is 6.61 Å². The average Bonchev–Trinajstić information content (AvgIpc) is 3.32. The molecule has 0 saturated heterocycles. The molecule has 2 aromatic rings. The second kappa shape index (κ2) is 7.40. The largest absolute Gasteiger partial charge is 0.361 e. The molecule has 1 aromatic heterocycles. The number of hydrogen-bond acceptors (Lipinski definition) is 2. The van der Waals surface area contributed by atoms with E-state index in [-0.39, 0.29) is 0 Å². The molecule has 0 radical (unpaired) electrons. The average molecular weight is 419 g/mol. The minimum Gasteiger partial charge on any atom is -0.361 e. The van der Waals surface area contributed by atoms with Crippen molar-refractivity contribution in [2.45, 2.75) is 70.8 Å². The van der Waals surface area contributed by atoms with Crippen LogP contribution in [0.15, 0.2) is 12.1 Å². The first kappa shape index (κ1) is 20.7. The summed E-state index contributed by atoms with van der Waals surface area (Å²) < 4.78 is 8.53. The molecule has 0 aliphatic heterocycles. The van der Waals surface area contributed by atoms with Crippen LogP contribution in [-0.2, 0) is 11.5 Å². The lowest BCUT2D eigenvalue weighted by Crippen LogP contribution is -2.45. The van der Waals surface area contributed by atoms with E-state index < -0.39 is 16.1 Å². The highest BCUT2D eigenvalue weighted by atomic mass is 35.5. The summed E-state index contributed by atoms with van der Waals surface area (Å²) in [6.45, 7) is 15.7. The van der Waals surface area contributed by atoms with Crippen LogP contribution in [0.25, 0.3) is 10.9 Å². The van der Waals surface area contributed by atoms with Gasteiger partial charge in [0, 0.05) is 25.4 Å². The summed E-state index contributed by atoms with van der Waals surface area (Å²) in [7, 11) is -2.73. The number of benzene rings is 1. The molecule has 1 aliphatic carbocycles. The summed E-state index contributed by atoms with van der Waals surface area (Å²) in [5, 5.41) is 12.6. The van der Waals surface area contributed by atoms with Crippen LogP contribution in [0.5, 0.6) is 0 Å². The summed E-state index contributed by atoms with van der Waals surface area (Å²) in [6.07, 6.45) is 2.44. The lowest BCUT2D eigenvalue weighted by atomic mass is 10.1. The van der Waals surface area contributed by atoms with Crippen molar-refractivity contribution in [3.63, 3.8) is 0 Å². The molecule has 0 bridgehead atoms. The first-order valence-corrected chi connectivity index (χ1v) is 17.5. The Bertz CT molecular complexity index is 896. The van der Waals surface area contributed by atoms with Crippen molar-refractivity contribution in [3.8, 4) is 6.07 Å². The van der Waals surface area contributed by atoms with E-state index in [1.165, 1.54) is 29.8 Å². The van der Waals surface area contributed by atoms with Gasteiger partial charge in [-0.3, -0.25) is 0 Å². The number of nitrogens with zero attached hydrogens (tertiary/aromatic N) is 2. The minimum absolute atomic E-state index is 0.574. The van der Waals surface area contributed by atoms with Gasteiger partial charge in [-0.05, 0) is 42.5 Å². The Morgan fingerprint density at radius 2 is 1.85 bits per heavy atom. The van der Waals surface area contributed by atoms with Crippen LogP contribution in [-0.4, -0.2) is 27.3 Å². The number of rotatable bonds is 7. The highest BCUT2D eigenvalue weighted by Crippen LogP contribution is 2.46. The third-order valence-electron chi connectivity index (χ3n) is 5.24. The van der Waals surface area contributed by atoms with Crippen LogP contribution in [0, 0.1) is 11.3 Å². The van der Waals surface area contributed by atoms with Gasteiger partial charge in [0.2, 0.25) is 0 Å². The maximum absolute atomic E-state index is 9.46. The van der Waals surface area contributed by atoms with Crippen LogP contribution in [0.2, 0.25) is 50.3 Å². The third kappa shape index (κ3) is 4.35. The molecule has 1 aliphatic rings. The second-order valence-electron chi connectivity index (χ2n) is 10.00. The normalized spacial score (nSPS) is 15.3. The van der Waals surface area contributed by atoms with Crippen LogP contribution in [0.1, 0.15) is 29.9 Å². The van der Waals surface area contributed by atoms with Crippen molar-refractivity contribution in [2.24, 2.45) is 0 Å². The van der Waals surface area contributed by atoms with Crippen LogP contribution in [0.4, 0.5) is 0 Å². The first-order chi connectivity index (χ1) is 12.5.